The van der Waals surface area contributed by atoms with Gasteiger partial charge in [0, 0.05) is 30.8 Å². The summed E-state index contributed by atoms with van der Waals surface area (Å²) in [5.74, 6) is -0.0715. The fraction of sp³-hybridized carbons (Fsp3) is 0.391. The number of benzene rings is 1. The van der Waals surface area contributed by atoms with Crippen molar-refractivity contribution in [3.05, 3.63) is 77.4 Å². The molecule has 1 aromatic heterocycles. The molecule has 1 aliphatic rings. The molecule has 2 atom stereocenters. The number of aromatic nitrogens is 1. The summed E-state index contributed by atoms with van der Waals surface area (Å²) in [6, 6.07) is 12.3. The van der Waals surface area contributed by atoms with E-state index in [0.717, 1.165) is 17.8 Å². The molecule has 0 radical (unpaired) electrons. The first kappa shape index (κ1) is 18.6. The molecule has 2 aromatic rings. The number of hydrogen-bond acceptors (Lipinski definition) is 0. The zero-order valence-corrected chi connectivity index (χ0v) is 16.0. The maximum Gasteiger partial charge on any atom is 0.129 e. The quantitative estimate of drug-likeness (QED) is 0.577. The first-order valence-electron chi connectivity index (χ1n) is 9.21. The predicted octanol–water partition coefficient (Wildman–Crippen LogP) is 6.66. The fourth-order valence-electron chi connectivity index (χ4n) is 3.32. The van der Waals surface area contributed by atoms with Crippen molar-refractivity contribution < 1.29 is 8.78 Å². The van der Waals surface area contributed by atoms with E-state index in [4.69, 9.17) is 0 Å². The van der Waals surface area contributed by atoms with Gasteiger partial charge in [0.2, 0.25) is 0 Å². The number of hydrogen-bond donors (Lipinski definition) is 0. The largest absolute Gasteiger partial charge is 0.346 e. The highest BCUT2D eigenvalue weighted by Crippen LogP contribution is 2.38. The molecule has 1 aromatic carbocycles. The Hall–Kier alpha value is -2.16. The van der Waals surface area contributed by atoms with E-state index in [1.807, 2.05) is 30.5 Å². The second-order valence-electron chi connectivity index (χ2n) is 8.25. The number of allylic oxidation sites excluding steroid dienone is 4. The van der Waals surface area contributed by atoms with Gasteiger partial charge in [0.05, 0.1) is 0 Å². The van der Waals surface area contributed by atoms with Crippen LogP contribution in [-0.4, -0.2) is 10.7 Å². The van der Waals surface area contributed by atoms with Crippen molar-refractivity contribution in [3.8, 4) is 0 Å². The topological polar surface area (TPSA) is 4.93 Å². The van der Waals surface area contributed by atoms with Gasteiger partial charge in [-0.3, -0.25) is 0 Å². The zero-order valence-electron chi connectivity index (χ0n) is 16.0. The van der Waals surface area contributed by atoms with Gasteiger partial charge in [-0.25, -0.2) is 8.78 Å². The summed E-state index contributed by atoms with van der Waals surface area (Å²) in [6.07, 6.45) is 3.57. The van der Waals surface area contributed by atoms with E-state index in [1.165, 1.54) is 17.7 Å². The van der Waals surface area contributed by atoms with Crippen LogP contribution in [0.1, 0.15) is 56.9 Å². The second-order valence-corrected chi connectivity index (χ2v) is 8.25. The van der Waals surface area contributed by atoms with Crippen LogP contribution in [0.15, 0.2) is 60.6 Å². The Morgan fingerprint density at radius 1 is 1.19 bits per heavy atom. The number of alkyl halides is 1. The zero-order chi connectivity index (χ0) is 18.9. The summed E-state index contributed by atoms with van der Waals surface area (Å²) in [5, 5.41) is 0. The smallest absolute Gasteiger partial charge is 0.129 e. The minimum Gasteiger partial charge on any atom is -0.346 e. The minimum absolute atomic E-state index is 0.0747. The minimum atomic E-state index is -1.15. The normalized spacial score (nSPS) is 19.1. The average Bonchev–Trinajstić information content (AvgIpc) is 2.99. The van der Waals surface area contributed by atoms with Crippen LogP contribution >= 0.6 is 0 Å². The van der Waals surface area contributed by atoms with E-state index in [1.54, 1.807) is 0 Å². The lowest BCUT2D eigenvalue weighted by molar-refractivity contribution is 0.327. The Balaban J connectivity index is 2.04. The van der Waals surface area contributed by atoms with Gasteiger partial charge in [-0.2, -0.15) is 0 Å². The Morgan fingerprint density at radius 2 is 1.88 bits per heavy atom. The molecule has 1 unspecified atom stereocenters. The van der Waals surface area contributed by atoms with Crippen molar-refractivity contribution >= 4 is 5.57 Å². The van der Waals surface area contributed by atoms with Crippen molar-refractivity contribution in [1.82, 2.24) is 4.57 Å². The van der Waals surface area contributed by atoms with Gasteiger partial charge in [-0.05, 0) is 40.3 Å². The molecule has 3 rings (SSSR count). The highest BCUT2D eigenvalue weighted by Gasteiger charge is 2.27. The summed E-state index contributed by atoms with van der Waals surface area (Å²) in [7, 11) is 0. The van der Waals surface area contributed by atoms with Crippen LogP contribution in [0, 0.1) is 5.41 Å². The summed E-state index contributed by atoms with van der Waals surface area (Å²) in [4.78, 5) is 0. The van der Waals surface area contributed by atoms with E-state index in [9.17, 15) is 8.78 Å². The molecule has 0 saturated carbocycles. The van der Waals surface area contributed by atoms with Crippen molar-refractivity contribution in [2.75, 3.05) is 0 Å². The molecular formula is C23H27F2N. The van der Waals surface area contributed by atoms with Gasteiger partial charge in [0.25, 0.3) is 0 Å². The van der Waals surface area contributed by atoms with Crippen LogP contribution in [0.3, 0.4) is 0 Å². The molecule has 1 heterocycles. The molecule has 0 N–H and O–H groups in total. The van der Waals surface area contributed by atoms with Gasteiger partial charge in [-0.15, -0.1) is 0 Å². The molecule has 1 nitrogen and oxygen atoms in total. The van der Waals surface area contributed by atoms with Crippen LogP contribution in [0.4, 0.5) is 8.78 Å². The number of halogens is 2. The standard InChI is InChI=1S/C23H27F2N/c1-16(23(2,3)4)22-12-18(20-13-19(24)10-11-21(20)25)15-26(22)14-17-8-6-5-7-9-17/h5-10,12-13,15-16,21H,11,14H2,1-4H3/t16-,21?/m0/s1. The maximum absolute atomic E-state index is 14.4. The molecule has 0 amide bonds. The molecule has 26 heavy (non-hydrogen) atoms. The lowest BCUT2D eigenvalue weighted by atomic mass is 9.80. The average molecular weight is 355 g/mol. The van der Waals surface area contributed by atoms with Gasteiger partial charge in [-0.1, -0.05) is 58.0 Å². The molecule has 1 aliphatic carbocycles. The number of nitrogens with zero attached hydrogens (tertiary/aromatic N) is 1. The third kappa shape index (κ3) is 3.98. The van der Waals surface area contributed by atoms with Crippen LogP contribution in [0.2, 0.25) is 0 Å². The molecule has 0 saturated heterocycles. The summed E-state index contributed by atoms with van der Waals surface area (Å²) in [5.41, 5.74) is 3.64. The van der Waals surface area contributed by atoms with Crippen LogP contribution in [-0.2, 0) is 6.54 Å². The Bertz CT molecular complexity index is 822. The SMILES string of the molecule is C[C@@H](c1cc(C2=CC(F)=CCC2F)cn1Cc1ccccc1)C(C)(C)C. The van der Waals surface area contributed by atoms with Crippen LogP contribution < -0.4 is 0 Å². The lowest BCUT2D eigenvalue weighted by Crippen LogP contribution is -2.18. The van der Waals surface area contributed by atoms with Crippen molar-refractivity contribution in [2.45, 2.75) is 52.8 Å². The first-order valence-corrected chi connectivity index (χ1v) is 9.21. The summed E-state index contributed by atoms with van der Waals surface area (Å²) < 4.78 is 30.3. The van der Waals surface area contributed by atoms with Gasteiger partial charge < -0.3 is 4.57 Å². The Labute approximate surface area is 155 Å². The molecule has 138 valence electrons. The second kappa shape index (κ2) is 7.22. The highest BCUT2D eigenvalue weighted by molar-refractivity contribution is 5.72. The van der Waals surface area contributed by atoms with E-state index >= 15 is 0 Å². The van der Waals surface area contributed by atoms with E-state index in [2.05, 4.69) is 44.4 Å². The molecule has 0 aliphatic heterocycles. The molecule has 0 bridgehead atoms. The van der Waals surface area contributed by atoms with E-state index in [0.29, 0.717) is 5.57 Å². The maximum atomic E-state index is 14.4. The lowest BCUT2D eigenvalue weighted by Gasteiger charge is -2.28. The Morgan fingerprint density at radius 3 is 2.54 bits per heavy atom. The Kier molecular flexibility index (Phi) is 5.17. The fourth-order valence-corrected chi connectivity index (χ4v) is 3.32. The molecular weight excluding hydrogens is 328 g/mol. The molecule has 0 spiro atoms. The van der Waals surface area contributed by atoms with Gasteiger partial charge >= 0.3 is 0 Å². The predicted molar refractivity (Wildman–Crippen MR) is 105 cm³/mol. The van der Waals surface area contributed by atoms with Crippen molar-refractivity contribution in [1.29, 1.82) is 0 Å². The third-order valence-corrected chi connectivity index (χ3v) is 5.35. The monoisotopic (exact) mass is 355 g/mol. The van der Waals surface area contributed by atoms with Crippen molar-refractivity contribution in [3.63, 3.8) is 0 Å². The van der Waals surface area contributed by atoms with Gasteiger partial charge in [0.1, 0.15) is 12.0 Å². The van der Waals surface area contributed by atoms with Gasteiger partial charge in [0.15, 0.2) is 0 Å². The number of rotatable bonds is 4. The summed E-state index contributed by atoms with van der Waals surface area (Å²) in [6.45, 7) is 9.54. The first-order chi connectivity index (χ1) is 12.3. The molecule has 0 fully saturated rings. The van der Waals surface area contributed by atoms with E-state index in [-0.39, 0.29) is 23.6 Å². The molecule has 3 heteroatoms. The highest BCUT2D eigenvalue weighted by atomic mass is 19.1. The third-order valence-electron chi connectivity index (χ3n) is 5.35. The van der Waals surface area contributed by atoms with Crippen LogP contribution in [0.5, 0.6) is 0 Å². The van der Waals surface area contributed by atoms with Crippen LogP contribution in [0.25, 0.3) is 5.57 Å². The van der Waals surface area contributed by atoms with Crippen molar-refractivity contribution in [2.24, 2.45) is 5.41 Å². The summed E-state index contributed by atoms with van der Waals surface area (Å²) >= 11 is 0. The van der Waals surface area contributed by atoms with E-state index < -0.39 is 6.17 Å².